The zero-order valence-corrected chi connectivity index (χ0v) is 10.3. The molecule has 0 aliphatic heterocycles. The van der Waals surface area contributed by atoms with Crippen molar-refractivity contribution >= 4 is 5.97 Å². The number of ether oxygens (including phenoxy) is 1. The summed E-state index contributed by atoms with van der Waals surface area (Å²) >= 11 is 0. The van der Waals surface area contributed by atoms with Gasteiger partial charge in [0, 0.05) is 7.05 Å². The lowest BCUT2D eigenvalue weighted by atomic mass is 10.1. The van der Waals surface area contributed by atoms with Gasteiger partial charge < -0.3 is 9.84 Å². The molecule has 5 nitrogen and oxygen atoms in total. The van der Waals surface area contributed by atoms with Gasteiger partial charge in [-0.25, -0.2) is 9.48 Å². The molecular formula is C11H18N2O3. The van der Waals surface area contributed by atoms with Crippen molar-refractivity contribution in [2.75, 3.05) is 0 Å². The molecule has 0 radical (unpaired) electrons. The highest BCUT2D eigenvalue weighted by atomic mass is 16.5. The van der Waals surface area contributed by atoms with Crippen LogP contribution in [0.25, 0.3) is 0 Å². The third kappa shape index (κ3) is 2.35. The zero-order chi connectivity index (χ0) is 12.5. The summed E-state index contributed by atoms with van der Waals surface area (Å²) in [6, 6.07) is 0. The number of aromatic carboxylic acids is 1. The highest BCUT2D eigenvalue weighted by molar-refractivity contribution is 5.91. The number of aryl methyl sites for hydroxylation is 2. The van der Waals surface area contributed by atoms with Crippen LogP contribution < -0.4 is 4.74 Å². The first-order chi connectivity index (χ1) is 7.34. The van der Waals surface area contributed by atoms with Gasteiger partial charge in [-0.05, 0) is 19.8 Å². The number of carbonyl (C=O) groups is 1. The first kappa shape index (κ1) is 12.5. The van der Waals surface area contributed by atoms with Crippen LogP contribution in [0, 0.1) is 12.8 Å². The van der Waals surface area contributed by atoms with Gasteiger partial charge in [0.25, 0.3) is 0 Å². The quantitative estimate of drug-likeness (QED) is 0.851. The van der Waals surface area contributed by atoms with E-state index >= 15 is 0 Å². The fraction of sp³-hybridized carbons (Fsp3) is 0.636. The van der Waals surface area contributed by atoms with Gasteiger partial charge in [-0.15, -0.1) is 0 Å². The number of rotatable bonds is 4. The second kappa shape index (κ2) is 4.55. The average molecular weight is 226 g/mol. The molecule has 1 unspecified atom stereocenters. The lowest BCUT2D eigenvalue weighted by molar-refractivity contribution is 0.0684. The number of nitrogens with zero attached hydrogens (tertiary/aromatic N) is 2. The molecule has 0 spiro atoms. The van der Waals surface area contributed by atoms with E-state index < -0.39 is 5.97 Å². The molecule has 0 fully saturated rings. The number of hydrogen-bond acceptors (Lipinski definition) is 3. The summed E-state index contributed by atoms with van der Waals surface area (Å²) in [7, 11) is 1.68. The molecule has 1 N–H and O–H groups in total. The Kier molecular flexibility index (Phi) is 3.57. The summed E-state index contributed by atoms with van der Waals surface area (Å²) in [5, 5.41) is 13.1. The number of carboxylic acids is 1. The van der Waals surface area contributed by atoms with Gasteiger partial charge in [-0.3, -0.25) is 0 Å². The first-order valence-electron chi connectivity index (χ1n) is 5.28. The minimum Gasteiger partial charge on any atom is -0.477 e. The van der Waals surface area contributed by atoms with E-state index in [1.165, 1.54) is 4.68 Å². The van der Waals surface area contributed by atoms with Crippen molar-refractivity contribution in [3.8, 4) is 5.88 Å². The Morgan fingerprint density at radius 2 is 2.00 bits per heavy atom. The summed E-state index contributed by atoms with van der Waals surface area (Å²) < 4.78 is 7.11. The lowest BCUT2D eigenvalue weighted by Crippen LogP contribution is -2.21. The van der Waals surface area contributed by atoms with Crippen LogP contribution in [0.3, 0.4) is 0 Å². The highest BCUT2D eigenvalue weighted by Gasteiger charge is 2.23. The fourth-order valence-corrected chi connectivity index (χ4v) is 1.33. The maximum atomic E-state index is 11.1. The third-order valence-electron chi connectivity index (χ3n) is 2.62. The van der Waals surface area contributed by atoms with Crippen molar-refractivity contribution in [3.05, 3.63) is 11.3 Å². The van der Waals surface area contributed by atoms with Crippen molar-refractivity contribution in [2.45, 2.75) is 33.8 Å². The molecule has 1 aromatic rings. The van der Waals surface area contributed by atoms with Gasteiger partial charge in [0.2, 0.25) is 5.88 Å². The molecular weight excluding hydrogens is 208 g/mol. The third-order valence-corrected chi connectivity index (χ3v) is 2.62. The Labute approximate surface area is 95.0 Å². The highest BCUT2D eigenvalue weighted by Crippen LogP contribution is 2.23. The molecule has 1 atom stereocenters. The van der Waals surface area contributed by atoms with Crippen LogP contribution in [0.1, 0.15) is 36.8 Å². The van der Waals surface area contributed by atoms with E-state index in [2.05, 4.69) is 5.10 Å². The Balaban J connectivity index is 3.07. The van der Waals surface area contributed by atoms with Gasteiger partial charge in [0.15, 0.2) is 0 Å². The molecule has 90 valence electrons. The fourth-order valence-electron chi connectivity index (χ4n) is 1.33. The van der Waals surface area contributed by atoms with Crippen LogP contribution in [0.2, 0.25) is 0 Å². The molecule has 1 aromatic heterocycles. The molecule has 5 heteroatoms. The van der Waals surface area contributed by atoms with Gasteiger partial charge in [0.05, 0.1) is 11.8 Å². The zero-order valence-electron chi connectivity index (χ0n) is 10.3. The number of carboxylic acid groups (broad SMARTS) is 1. The second-order valence-electron chi connectivity index (χ2n) is 4.26. The molecule has 0 saturated heterocycles. The molecule has 0 aliphatic carbocycles. The van der Waals surface area contributed by atoms with E-state index in [9.17, 15) is 4.79 Å². The molecule has 0 saturated carbocycles. The Morgan fingerprint density at radius 3 is 2.44 bits per heavy atom. The topological polar surface area (TPSA) is 64.4 Å². The summed E-state index contributed by atoms with van der Waals surface area (Å²) in [6.07, 6.45) is -0.0482. The Hall–Kier alpha value is -1.52. The maximum absolute atomic E-state index is 11.1. The van der Waals surface area contributed by atoms with Crippen molar-refractivity contribution in [2.24, 2.45) is 13.0 Å². The molecule has 0 aliphatic rings. The maximum Gasteiger partial charge on any atom is 0.343 e. The summed E-state index contributed by atoms with van der Waals surface area (Å²) in [6.45, 7) is 7.62. The van der Waals surface area contributed by atoms with Crippen LogP contribution in [-0.4, -0.2) is 27.0 Å². The van der Waals surface area contributed by atoms with Crippen LogP contribution in [0.4, 0.5) is 0 Å². The van der Waals surface area contributed by atoms with Gasteiger partial charge >= 0.3 is 5.97 Å². The molecule has 1 heterocycles. The van der Waals surface area contributed by atoms with Crippen molar-refractivity contribution in [1.82, 2.24) is 9.78 Å². The first-order valence-corrected chi connectivity index (χ1v) is 5.28. The Morgan fingerprint density at radius 1 is 1.44 bits per heavy atom. The van der Waals surface area contributed by atoms with Crippen molar-refractivity contribution in [1.29, 1.82) is 0 Å². The van der Waals surface area contributed by atoms with E-state index in [0.717, 1.165) is 0 Å². The monoisotopic (exact) mass is 226 g/mol. The standard InChI is InChI=1S/C11H18N2O3/c1-6(2)8(4)16-10-9(11(14)15)7(3)12-13(10)5/h6,8H,1-5H3,(H,14,15). The Bertz CT molecular complexity index is 396. The van der Waals surface area contributed by atoms with Crippen LogP contribution in [-0.2, 0) is 7.05 Å². The number of aromatic nitrogens is 2. The van der Waals surface area contributed by atoms with E-state index in [1.54, 1.807) is 14.0 Å². The van der Waals surface area contributed by atoms with Crippen molar-refractivity contribution in [3.63, 3.8) is 0 Å². The predicted molar refractivity (Wildman–Crippen MR) is 59.8 cm³/mol. The minimum absolute atomic E-state index is 0.0482. The molecule has 0 aromatic carbocycles. The van der Waals surface area contributed by atoms with Gasteiger partial charge in [0.1, 0.15) is 5.56 Å². The van der Waals surface area contributed by atoms with Crippen LogP contribution >= 0.6 is 0 Å². The smallest absolute Gasteiger partial charge is 0.343 e. The minimum atomic E-state index is -1.00. The van der Waals surface area contributed by atoms with Crippen LogP contribution in [0.15, 0.2) is 0 Å². The van der Waals surface area contributed by atoms with Crippen LogP contribution in [0.5, 0.6) is 5.88 Å². The predicted octanol–water partition coefficient (Wildman–Crippen LogP) is 1.85. The van der Waals surface area contributed by atoms with Gasteiger partial charge in [-0.1, -0.05) is 13.8 Å². The molecule has 16 heavy (non-hydrogen) atoms. The van der Waals surface area contributed by atoms with E-state index in [1.807, 2.05) is 20.8 Å². The van der Waals surface area contributed by atoms with E-state index in [-0.39, 0.29) is 11.7 Å². The largest absolute Gasteiger partial charge is 0.477 e. The molecule has 0 amide bonds. The van der Waals surface area contributed by atoms with Gasteiger partial charge in [-0.2, -0.15) is 5.10 Å². The lowest BCUT2D eigenvalue weighted by Gasteiger charge is -2.18. The summed E-state index contributed by atoms with van der Waals surface area (Å²) in [5.41, 5.74) is 0.621. The summed E-state index contributed by atoms with van der Waals surface area (Å²) in [4.78, 5) is 11.1. The molecule has 0 bridgehead atoms. The van der Waals surface area contributed by atoms with E-state index in [4.69, 9.17) is 9.84 Å². The second-order valence-corrected chi connectivity index (χ2v) is 4.26. The SMILES string of the molecule is Cc1nn(C)c(OC(C)C(C)C)c1C(=O)O. The molecule has 1 rings (SSSR count). The van der Waals surface area contributed by atoms with E-state index in [0.29, 0.717) is 17.5 Å². The van der Waals surface area contributed by atoms with Crippen molar-refractivity contribution < 1.29 is 14.6 Å². The normalized spacial score (nSPS) is 12.9. The average Bonchev–Trinajstić information content (AvgIpc) is 2.41. The summed E-state index contributed by atoms with van der Waals surface area (Å²) in [5.74, 6) is -0.361. The number of hydrogen-bond donors (Lipinski definition) is 1.